The number of aromatic nitrogens is 1. The van der Waals surface area contributed by atoms with Gasteiger partial charge in [0.15, 0.2) is 5.84 Å². The van der Waals surface area contributed by atoms with E-state index >= 15 is 0 Å². The Bertz CT molecular complexity index is 3390. The van der Waals surface area contributed by atoms with Crippen molar-refractivity contribution in [1.82, 2.24) is 9.88 Å². The molecule has 0 amide bonds. The minimum atomic E-state index is -0.317. The van der Waals surface area contributed by atoms with Gasteiger partial charge in [0.1, 0.15) is 34.3 Å². The number of nitrogens with one attached hydrogen (secondary N) is 1. The zero-order valence-electron chi connectivity index (χ0n) is 30.6. The van der Waals surface area contributed by atoms with E-state index in [0.29, 0.717) is 5.84 Å². The van der Waals surface area contributed by atoms with E-state index in [1.807, 2.05) is 48.5 Å². The number of nitrogens with zero attached hydrogens (tertiary/aromatic N) is 3. The zero-order valence-corrected chi connectivity index (χ0v) is 30.6. The molecule has 0 bridgehead atoms. The summed E-state index contributed by atoms with van der Waals surface area (Å²) in [6.07, 6.45) is -0.317. The first-order valence-electron chi connectivity index (χ1n) is 19.2. The van der Waals surface area contributed by atoms with Crippen LogP contribution >= 0.6 is 0 Å². The van der Waals surface area contributed by atoms with Gasteiger partial charge in [-0.1, -0.05) is 133 Å². The largest absolute Gasteiger partial charge is 0.456 e. The summed E-state index contributed by atoms with van der Waals surface area (Å²) >= 11 is 0. The average Bonchev–Trinajstić information content (AvgIpc) is 3.96. The molecule has 0 spiro atoms. The maximum atomic E-state index is 6.63. The van der Waals surface area contributed by atoms with Crippen LogP contribution in [-0.4, -0.2) is 16.2 Å². The highest BCUT2D eigenvalue weighted by molar-refractivity contribution is 6.24. The zero-order chi connectivity index (χ0) is 37.5. The SMILES string of the molecule is c1ccc(C2=NC(c3ccccc3)NC(c3cccc4oc5cccc(-c6ccc7oc8cccc(-n9c%10ccccc%10c%10ccccc%109)c8c7c6)c5c34)=N2)cc1. The molecule has 0 saturated heterocycles. The lowest BCUT2D eigenvalue weighted by atomic mass is 9.95. The molecule has 8 aromatic carbocycles. The lowest BCUT2D eigenvalue weighted by Gasteiger charge is -2.24. The van der Waals surface area contributed by atoms with Crippen LogP contribution in [0.2, 0.25) is 0 Å². The van der Waals surface area contributed by atoms with Crippen molar-refractivity contribution in [2.75, 3.05) is 0 Å². The molecule has 11 aromatic rings. The summed E-state index contributed by atoms with van der Waals surface area (Å²) in [7, 11) is 0. The van der Waals surface area contributed by atoms with Gasteiger partial charge >= 0.3 is 0 Å². The molecule has 1 aliphatic rings. The first-order chi connectivity index (χ1) is 28.3. The first-order valence-corrected chi connectivity index (χ1v) is 19.2. The number of hydrogen-bond acceptors (Lipinski definition) is 5. The Morgan fingerprint density at radius 2 is 1.05 bits per heavy atom. The lowest BCUT2D eigenvalue weighted by Crippen LogP contribution is -2.33. The highest BCUT2D eigenvalue weighted by Crippen LogP contribution is 2.43. The van der Waals surface area contributed by atoms with E-state index in [0.717, 1.165) is 94.3 Å². The van der Waals surface area contributed by atoms with Gasteiger partial charge in [0.2, 0.25) is 0 Å². The van der Waals surface area contributed by atoms with E-state index in [1.165, 1.54) is 10.8 Å². The van der Waals surface area contributed by atoms with Crippen LogP contribution in [0.5, 0.6) is 0 Å². The van der Waals surface area contributed by atoms with Crippen molar-refractivity contribution in [2.45, 2.75) is 6.17 Å². The summed E-state index contributed by atoms with van der Waals surface area (Å²) in [5.41, 5.74) is 11.8. The molecule has 0 aliphatic carbocycles. The molecule has 6 heteroatoms. The van der Waals surface area contributed by atoms with Crippen LogP contribution in [-0.2, 0) is 0 Å². The Hall–Kier alpha value is -7.70. The summed E-state index contributed by atoms with van der Waals surface area (Å²) in [5.74, 6) is 1.42. The fourth-order valence-electron chi connectivity index (χ4n) is 8.76. The van der Waals surface area contributed by atoms with Crippen molar-refractivity contribution < 1.29 is 8.83 Å². The van der Waals surface area contributed by atoms with Gasteiger partial charge in [0, 0.05) is 38.1 Å². The van der Waals surface area contributed by atoms with Gasteiger partial charge in [0.25, 0.3) is 0 Å². The second-order valence-electron chi connectivity index (χ2n) is 14.5. The van der Waals surface area contributed by atoms with Crippen LogP contribution in [0, 0.1) is 0 Å². The van der Waals surface area contributed by atoms with Crippen LogP contribution in [0.15, 0.2) is 201 Å². The Kier molecular flexibility index (Phi) is 6.89. The molecule has 6 nitrogen and oxygen atoms in total. The molecular formula is C51H32N4O2. The Labute approximate surface area is 326 Å². The summed E-state index contributed by atoms with van der Waals surface area (Å²) in [6, 6.07) is 63.1. The number of hydrogen-bond donors (Lipinski definition) is 1. The maximum absolute atomic E-state index is 6.63. The third-order valence-electron chi connectivity index (χ3n) is 11.3. The standard InChI is InChI=1S/C51H32N4O2/c1-3-14-31(15-4-1)49-52-50(32-16-5-2-6-17-32)54-51(53-49)37-21-12-26-45-48(37)47-34(20-11-25-44(47)57-45)33-28-29-42-38(30-33)46-41(24-13-27-43(46)56-42)55-39-22-9-7-18-35(39)36-19-8-10-23-40(36)55/h1-30,49H,(H,52,53,54). The average molecular weight is 733 g/mol. The summed E-state index contributed by atoms with van der Waals surface area (Å²) in [5, 5.41) is 10.3. The lowest BCUT2D eigenvalue weighted by molar-refractivity contribution is 0.668. The van der Waals surface area contributed by atoms with Crippen molar-refractivity contribution >= 4 is 77.4 Å². The van der Waals surface area contributed by atoms with E-state index in [2.05, 4.69) is 143 Å². The van der Waals surface area contributed by atoms with Crippen molar-refractivity contribution in [3.05, 3.63) is 199 Å². The highest BCUT2D eigenvalue weighted by Gasteiger charge is 2.25. The number of fused-ring (bicyclic) bond motifs is 9. The van der Waals surface area contributed by atoms with Crippen LogP contribution in [0.1, 0.15) is 22.9 Å². The minimum Gasteiger partial charge on any atom is -0.456 e. The molecular weight excluding hydrogens is 701 g/mol. The van der Waals surface area contributed by atoms with E-state index < -0.39 is 0 Å². The van der Waals surface area contributed by atoms with E-state index in [4.69, 9.17) is 18.8 Å². The predicted molar refractivity (Wildman–Crippen MR) is 233 cm³/mol. The Balaban J connectivity index is 1.07. The Morgan fingerprint density at radius 1 is 0.456 bits per heavy atom. The maximum Gasteiger partial charge on any atom is 0.159 e. The number of benzene rings is 8. The van der Waals surface area contributed by atoms with Gasteiger partial charge in [-0.25, -0.2) is 9.98 Å². The normalized spacial score (nSPS) is 14.5. The molecule has 268 valence electrons. The number of aliphatic imine (C=N–C) groups is 2. The van der Waals surface area contributed by atoms with Crippen LogP contribution in [0.25, 0.3) is 82.5 Å². The summed E-state index contributed by atoms with van der Waals surface area (Å²) < 4.78 is 15.6. The van der Waals surface area contributed by atoms with Crippen molar-refractivity contribution in [1.29, 1.82) is 0 Å². The molecule has 0 fully saturated rings. The van der Waals surface area contributed by atoms with Crippen molar-refractivity contribution in [2.24, 2.45) is 9.98 Å². The van der Waals surface area contributed by atoms with Crippen LogP contribution < -0.4 is 5.32 Å². The summed E-state index contributed by atoms with van der Waals surface area (Å²) in [4.78, 5) is 10.3. The summed E-state index contributed by atoms with van der Waals surface area (Å²) in [6.45, 7) is 0. The smallest absolute Gasteiger partial charge is 0.159 e. The molecule has 12 rings (SSSR count). The highest BCUT2D eigenvalue weighted by atomic mass is 16.3. The first kappa shape index (κ1) is 31.6. The van der Waals surface area contributed by atoms with Gasteiger partial charge in [-0.15, -0.1) is 0 Å². The molecule has 1 atom stereocenters. The molecule has 0 radical (unpaired) electrons. The molecule has 1 N–H and O–H groups in total. The Morgan fingerprint density at radius 3 is 1.79 bits per heavy atom. The number of amidine groups is 2. The minimum absolute atomic E-state index is 0.317. The van der Waals surface area contributed by atoms with Gasteiger partial charge in [-0.3, -0.25) is 0 Å². The fourth-order valence-corrected chi connectivity index (χ4v) is 8.76. The molecule has 1 aliphatic heterocycles. The molecule has 57 heavy (non-hydrogen) atoms. The second kappa shape index (κ2) is 12.4. The van der Waals surface area contributed by atoms with Crippen molar-refractivity contribution in [3.63, 3.8) is 0 Å². The van der Waals surface area contributed by atoms with E-state index in [1.54, 1.807) is 0 Å². The molecule has 1 unspecified atom stereocenters. The van der Waals surface area contributed by atoms with Crippen LogP contribution in [0.4, 0.5) is 0 Å². The number of rotatable bonds is 5. The van der Waals surface area contributed by atoms with Gasteiger partial charge in [-0.05, 0) is 65.2 Å². The molecule has 4 heterocycles. The predicted octanol–water partition coefficient (Wildman–Crippen LogP) is 12.7. The second-order valence-corrected chi connectivity index (χ2v) is 14.5. The van der Waals surface area contributed by atoms with Gasteiger partial charge in [-0.2, -0.15) is 0 Å². The molecule has 3 aromatic heterocycles. The number of para-hydroxylation sites is 2. The molecule has 0 saturated carbocycles. The van der Waals surface area contributed by atoms with Gasteiger partial charge < -0.3 is 18.7 Å². The van der Waals surface area contributed by atoms with Gasteiger partial charge in [0.05, 0.1) is 22.1 Å². The third kappa shape index (κ3) is 4.90. The fraction of sp³-hybridized carbons (Fsp3) is 0.0196. The monoisotopic (exact) mass is 732 g/mol. The van der Waals surface area contributed by atoms with Crippen molar-refractivity contribution in [3.8, 4) is 16.8 Å². The van der Waals surface area contributed by atoms with E-state index in [-0.39, 0.29) is 6.17 Å². The van der Waals surface area contributed by atoms with Crippen LogP contribution in [0.3, 0.4) is 0 Å². The van der Waals surface area contributed by atoms with E-state index in [9.17, 15) is 0 Å². The topological polar surface area (TPSA) is 68.0 Å². The number of furan rings is 2. The third-order valence-corrected chi connectivity index (χ3v) is 11.3. The quantitative estimate of drug-likeness (QED) is 0.192.